The van der Waals surface area contributed by atoms with Gasteiger partial charge in [-0.1, -0.05) is 12.1 Å². The van der Waals surface area contributed by atoms with Crippen LogP contribution in [0.1, 0.15) is 15.9 Å². The molecule has 0 aliphatic rings. The number of aromatic nitrogens is 4. The highest BCUT2D eigenvalue weighted by Gasteiger charge is 2.12. The number of anilines is 2. The van der Waals surface area contributed by atoms with Gasteiger partial charge in [0.1, 0.15) is 5.82 Å². The second kappa shape index (κ2) is 6.29. The van der Waals surface area contributed by atoms with E-state index in [1.807, 2.05) is 31.3 Å². The van der Waals surface area contributed by atoms with Crippen molar-refractivity contribution in [2.75, 3.05) is 11.1 Å². The van der Waals surface area contributed by atoms with Gasteiger partial charge in [-0.25, -0.2) is 14.5 Å². The Bertz CT molecular complexity index is 1120. The molecule has 0 saturated heterocycles. The fourth-order valence-corrected chi connectivity index (χ4v) is 2.69. The van der Waals surface area contributed by atoms with E-state index in [-0.39, 0.29) is 5.91 Å². The second-order valence-electron chi connectivity index (χ2n) is 5.93. The fourth-order valence-electron chi connectivity index (χ4n) is 2.69. The maximum absolute atomic E-state index is 12.7. The smallest absolute Gasteiger partial charge is 0.255 e. The Labute approximate surface area is 149 Å². The zero-order valence-corrected chi connectivity index (χ0v) is 14.0. The summed E-state index contributed by atoms with van der Waals surface area (Å²) in [7, 11) is 0. The summed E-state index contributed by atoms with van der Waals surface area (Å²) in [5.41, 5.74) is 9.52. The van der Waals surface area contributed by atoms with Crippen molar-refractivity contribution in [3.63, 3.8) is 0 Å². The molecule has 1 aromatic carbocycles. The lowest BCUT2D eigenvalue weighted by atomic mass is 10.1. The Morgan fingerprint density at radius 2 is 2.08 bits per heavy atom. The van der Waals surface area contributed by atoms with E-state index >= 15 is 0 Å². The molecule has 128 valence electrons. The van der Waals surface area contributed by atoms with Gasteiger partial charge in [-0.3, -0.25) is 4.79 Å². The number of carbonyl (C=O) groups excluding carboxylic acids is 1. The molecular formula is C19H16N6O. The summed E-state index contributed by atoms with van der Waals surface area (Å²) in [4.78, 5) is 21.1. The third kappa shape index (κ3) is 2.98. The van der Waals surface area contributed by atoms with Crippen molar-refractivity contribution in [2.45, 2.75) is 6.92 Å². The molecule has 26 heavy (non-hydrogen) atoms. The first kappa shape index (κ1) is 15.8. The number of nitrogens with zero attached hydrogens (tertiary/aromatic N) is 4. The van der Waals surface area contributed by atoms with E-state index < -0.39 is 0 Å². The number of amides is 1. The molecule has 0 atom stereocenters. The topological polar surface area (TPSA) is 98.2 Å². The van der Waals surface area contributed by atoms with Crippen molar-refractivity contribution in [3.05, 3.63) is 72.2 Å². The highest BCUT2D eigenvalue weighted by Crippen LogP contribution is 2.21. The van der Waals surface area contributed by atoms with Gasteiger partial charge in [0.05, 0.1) is 17.4 Å². The molecule has 3 N–H and O–H groups in total. The van der Waals surface area contributed by atoms with Crippen molar-refractivity contribution in [2.24, 2.45) is 0 Å². The van der Waals surface area contributed by atoms with E-state index in [1.54, 1.807) is 41.2 Å². The maximum atomic E-state index is 12.7. The summed E-state index contributed by atoms with van der Waals surface area (Å²) in [5, 5.41) is 7.16. The molecule has 7 nitrogen and oxygen atoms in total. The van der Waals surface area contributed by atoms with Crippen LogP contribution in [0, 0.1) is 6.92 Å². The van der Waals surface area contributed by atoms with Crippen LogP contribution in [0.15, 0.2) is 61.1 Å². The summed E-state index contributed by atoms with van der Waals surface area (Å²) in [5.74, 6) is 0.630. The van der Waals surface area contributed by atoms with Crippen LogP contribution in [-0.2, 0) is 0 Å². The molecule has 0 saturated carbocycles. The predicted molar refractivity (Wildman–Crippen MR) is 99.8 cm³/mol. The van der Waals surface area contributed by atoms with Crippen molar-refractivity contribution in [1.29, 1.82) is 0 Å². The number of carbonyl (C=O) groups is 1. The Kier molecular flexibility index (Phi) is 3.81. The third-order valence-corrected chi connectivity index (χ3v) is 3.99. The lowest BCUT2D eigenvalue weighted by molar-refractivity contribution is 0.102. The summed E-state index contributed by atoms with van der Waals surface area (Å²) < 4.78 is 1.72. The summed E-state index contributed by atoms with van der Waals surface area (Å²) in [6.45, 7) is 1.99. The molecule has 0 aliphatic carbocycles. The van der Waals surface area contributed by atoms with Crippen molar-refractivity contribution >= 4 is 22.9 Å². The van der Waals surface area contributed by atoms with Crippen LogP contribution >= 0.6 is 0 Å². The minimum absolute atomic E-state index is 0.229. The first-order chi connectivity index (χ1) is 12.6. The number of hydrogen-bond donors (Lipinski definition) is 2. The van der Waals surface area contributed by atoms with E-state index in [2.05, 4.69) is 20.4 Å². The average Bonchev–Trinajstić information content (AvgIpc) is 3.04. The number of fused-ring (bicyclic) bond motifs is 1. The zero-order valence-electron chi connectivity index (χ0n) is 14.0. The van der Waals surface area contributed by atoms with Crippen LogP contribution in [0.25, 0.3) is 16.9 Å². The molecule has 0 bridgehead atoms. The number of nitrogen functional groups attached to an aromatic ring is 1. The van der Waals surface area contributed by atoms with E-state index in [0.717, 1.165) is 16.6 Å². The number of nitrogens with one attached hydrogen (secondary N) is 1. The lowest BCUT2D eigenvalue weighted by Gasteiger charge is -2.06. The lowest BCUT2D eigenvalue weighted by Crippen LogP contribution is -2.11. The molecule has 0 unspecified atom stereocenters. The second-order valence-corrected chi connectivity index (χ2v) is 5.93. The number of aryl methyl sites for hydroxylation is 1. The fraction of sp³-hybridized carbons (Fsp3) is 0.0526. The maximum Gasteiger partial charge on any atom is 0.255 e. The Morgan fingerprint density at radius 1 is 1.19 bits per heavy atom. The molecule has 7 heteroatoms. The molecule has 3 heterocycles. The number of nitrogens with two attached hydrogens (primary N) is 1. The number of benzene rings is 1. The highest BCUT2D eigenvalue weighted by molar-refractivity contribution is 6.06. The van der Waals surface area contributed by atoms with Crippen LogP contribution in [0.3, 0.4) is 0 Å². The van der Waals surface area contributed by atoms with Crippen LogP contribution < -0.4 is 11.1 Å². The van der Waals surface area contributed by atoms with Gasteiger partial charge in [0, 0.05) is 23.5 Å². The summed E-state index contributed by atoms with van der Waals surface area (Å²) >= 11 is 0. The number of pyridine rings is 1. The predicted octanol–water partition coefficient (Wildman–Crippen LogP) is 2.93. The van der Waals surface area contributed by atoms with Crippen molar-refractivity contribution in [3.8, 4) is 11.4 Å². The third-order valence-electron chi connectivity index (χ3n) is 3.99. The molecule has 0 aliphatic heterocycles. The Balaban J connectivity index is 1.64. The molecule has 4 aromatic rings. The van der Waals surface area contributed by atoms with Gasteiger partial charge < -0.3 is 11.1 Å². The van der Waals surface area contributed by atoms with Crippen LogP contribution in [0.2, 0.25) is 0 Å². The zero-order chi connectivity index (χ0) is 18.1. The molecular weight excluding hydrogens is 328 g/mol. The van der Waals surface area contributed by atoms with E-state index in [4.69, 9.17) is 5.73 Å². The number of hydrogen-bond acceptors (Lipinski definition) is 5. The van der Waals surface area contributed by atoms with Crippen LogP contribution in [0.4, 0.5) is 11.5 Å². The summed E-state index contributed by atoms with van der Waals surface area (Å²) in [6, 6.07) is 12.7. The van der Waals surface area contributed by atoms with Gasteiger partial charge in [0.15, 0.2) is 5.82 Å². The van der Waals surface area contributed by atoms with Crippen LogP contribution in [-0.4, -0.2) is 25.5 Å². The number of rotatable bonds is 3. The Morgan fingerprint density at radius 3 is 2.92 bits per heavy atom. The molecule has 0 fully saturated rings. The molecule has 4 rings (SSSR count). The summed E-state index contributed by atoms with van der Waals surface area (Å²) in [6.07, 6.45) is 5.08. The normalized spacial score (nSPS) is 10.8. The van der Waals surface area contributed by atoms with Gasteiger partial charge in [-0.2, -0.15) is 5.10 Å². The highest BCUT2D eigenvalue weighted by atomic mass is 16.1. The SMILES string of the molecule is Cc1ccn2ncc(NC(=O)c3cccc(-c4nccc(N)n4)c3)c2c1. The van der Waals surface area contributed by atoms with E-state index in [9.17, 15) is 4.79 Å². The first-order valence-corrected chi connectivity index (χ1v) is 8.04. The molecule has 0 radical (unpaired) electrons. The van der Waals surface area contributed by atoms with E-state index in [0.29, 0.717) is 22.9 Å². The Hall–Kier alpha value is -3.74. The average molecular weight is 344 g/mol. The van der Waals surface area contributed by atoms with Gasteiger partial charge in [-0.15, -0.1) is 0 Å². The standard InChI is InChI=1S/C19H16N6O/c1-12-6-8-25-16(9-12)15(11-22-25)23-19(26)14-4-2-3-13(10-14)18-21-7-5-17(20)24-18/h2-11H,1H3,(H,23,26)(H2,20,21,24). The first-order valence-electron chi connectivity index (χ1n) is 8.04. The monoisotopic (exact) mass is 344 g/mol. The van der Waals surface area contributed by atoms with E-state index in [1.165, 1.54) is 0 Å². The van der Waals surface area contributed by atoms with Gasteiger partial charge in [0.2, 0.25) is 0 Å². The van der Waals surface area contributed by atoms with Crippen molar-refractivity contribution in [1.82, 2.24) is 19.6 Å². The van der Waals surface area contributed by atoms with Gasteiger partial charge in [0.25, 0.3) is 5.91 Å². The minimum Gasteiger partial charge on any atom is -0.384 e. The molecule has 0 spiro atoms. The van der Waals surface area contributed by atoms with Crippen molar-refractivity contribution < 1.29 is 4.79 Å². The molecule has 1 amide bonds. The van der Waals surface area contributed by atoms with Gasteiger partial charge in [-0.05, 0) is 42.8 Å². The largest absolute Gasteiger partial charge is 0.384 e. The molecule has 3 aromatic heterocycles. The van der Waals surface area contributed by atoms with Gasteiger partial charge >= 0.3 is 0 Å². The van der Waals surface area contributed by atoms with Crippen LogP contribution in [0.5, 0.6) is 0 Å². The minimum atomic E-state index is -0.229. The quantitative estimate of drug-likeness (QED) is 0.595.